The number of aromatic nitrogens is 1. The SMILES string of the molecule is CCOc1ccc(-c2nc(COC)c(C(=O)OC)o2)cc1. The van der Waals surface area contributed by atoms with Crippen molar-refractivity contribution in [1.82, 2.24) is 4.98 Å². The predicted molar refractivity (Wildman–Crippen MR) is 75.2 cm³/mol. The number of oxazole rings is 1. The van der Waals surface area contributed by atoms with Gasteiger partial charge in [-0.3, -0.25) is 0 Å². The monoisotopic (exact) mass is 291 g/mol. The van der Waals surface area contributed by atoms with Crippen molar-refractivity contribution in [2.24, 2.45) is 0 Å². The molecule has 0 atom stereocenters. The summed E-state index contributed by atoms with van der Waals surface area (Å²) in [6.07, 6.45) is 0. The van der Waals surface area contributed by atoms with E-state index in [1.54, 1.807) is 0 Å². The van der Waals surface area contributed by atoms with Gasteiger partial charge in [-0.25, -0.2) is 9.78 Å². The van der Waals surface area contributed by atoms with E-state index < -0.39 is 5.97 Å². The topological polar surface area (TPSA) is 70.8 Å². The van der Waals surface area contributed by atoms with Crippen LogP contribution >= 0.6 is 0 Å². The zero-order valence-corrected chi connectivity index (χ0v) is 12.2. The van der Waals surface area contributed by atoms with Crippen LogP contribution < -0.4 is 4.74 Å². The average molecular weight is 291 g/mol. The second-order valence-corrected chi connectivity index (χ2v) is 4.18. The molecule has 0 amide bonds. The van der Waals surface area contributed by atoms with Gasteiger partial charge >= 0.3 is 5.97 Å². The summed E-state index contributed by atoms with van der Waals surface area (Å²) < 4.78 is 20.6. The van der Waals surface area contributed by atoms with Gasteiger partial charge in [0.25, 0.3) is 0 Å². The van der Waals surface area contributed by atoms with E-state index in [-0.39, 0.29) is 12.4 Å². The summed E-state index contributed by atoms with van der Waals surface area (Å²) in [5.74, 6) is 0.582. The Labute approximate surface area is 122 Å². The van der Waals surface area contributed by atoms with Crippen LogP contribution in [0.2, 0.25) is 0 Å². The lowest BCUT2D eigenvalue weighted by Gasteiger charge is -2.02. The Morgan fingerprint density at radius 1 is 1.24 bits per heavy atom. The fourth-order valence-corrected chi connectivity index (χ4v) is 1.82. The van der Waals surface area contributed by atoms with Gasteiger partial charge in [0.05, 0.1) is 20.3 Å². The van der Waals surface area contributed by atoms with E-state index in [1.165, 1.54) is 14.2 Å². The van der Waals surface area contributed by atoms with Crippen LogP contribution in [0.25, 0.3) is 11.5 Å². The van der Waals surface area contributed by atoms with Crippen LogP contribution in [0, 0.1) is 0 Å². The Bertz CT molecular complexity index is 603. The minimum absolute atomic E-state index is 0.0586. The van der Waals surface area contributed by atoms with E-state index in [1.807, 2.05) is 31.2 Å². The highest BCUT2D eigenvalue weighted by Crippen LogP contribution is 2.25. The highest BCUT2D eigenvalue weighted by atomic mass is 16.5. The van der Waals surface area contributed by atoms with Crippen LogP contribution in [0.15, 0.2) is 28.7 Å². The van der Waals surface area contributed by atoms with Crippen LogP contribution in [-0.2, 0) is 16.1 Å². The number of rotatable bonds is 6. The predicted octanol–water partition coefficient (Wildman–Crippen LogP) is 2.67. The first-order chi connectivity index (χ1) is 10.2. The molecule has 6 heteroatoms. The van der Waals surface area contributed by atoms with E-state index in [9.17, 15) is 4.79 Å². The van der Waals surface area contributed by atoms with E-state index in [2.05, 4.69) is 9.72 Å². The van der Waals surface area contributed by atoms with Crippen molar-refractivity contribution in [3.63, 3.8) is 0 Å². The second-order valence-electron chi connectivity index (χ2n) is 4.18. The third-order valence-electron chi connectivity index (χ3n) is 2.76. The molecule has 1 heterocycles. The summed E-state index contributed by atoms with van der Waals surface area (Å²) in [6, 6.07) is 7.26. The molecular weight excluding hydrogens is 274 g/mol. The van der Waals surface area contributed by atoms with Gasteiger partial charge in [-0.15, -0.1) is 0 Å². The Morgan fingerprint density at radius 3 is 2.52 bits per heavy atom. The van der Waals surface area contributed by atoms with Crippen molar-refractivity contribution in [3.8, 4) is 17.2 Å². The van der Waals surface area contributed by atoms with Crippen LogP contribution in [0.5, 0.6) is 5.75 Å². The number of benzene rings is 1. The highest BCUT2D eigenvalue weighted by Gasteiger charge is 2.21. The van der Waals surface area contributed by atoms with Crippen LogP contribution in [0.1, 0.15) is 23.2 Å². The maximum Gasteiger partial charge on any atom is 0.376 e. The fourth-order valence-electron chi connectivity index (χ4n) is 1.82. The maximum absolute atomic E-state index is 11.7. The first kappa shape index (κ1) is 15.1. The number of ether oxygens (including phenoxy) is 3. The molecule has 0 aliphatic carbocycles. The number of esters is 1. The van der Waals surface area contributed by atoms with Crippen molar-refractivity contribution in [2.45, 2.75) is 13.5 Å². The van der Waals surface area contributed by atoms with Gasteiger partial charge in [-0.2, -0.15) is 0 Å². The van der Waals surface area contributed by atoms with Crippen molar-refractivity contribution < 1.29 is 23.4 Å². The molecule has 0 N–H and O–H groups in total. The number of carbonyl (C=O) groups is 1. The van der Waals surface area contributed by atoms with Crippen molar-refractivity contribution in [2.75, 3.05) is 20.8 Å². The summed E-state index contributed by atoms with van der Waals surface area (Å²) >= 11 is 0. The summed E-state index contributed by atoms with van der Waals surface area (Å²) in [4.78, 5) is 15.9. The van der Waals surface area contributed by atoms with E-state index in [4.69, 9.17) is 13.9 Å². The summed E-state index contributed by atoms with van der Waals surface area (Å²) in [7, 11) is 2.81. The van der Waals surface area contributed by atoms with Crippen molar-refractivity contribution >= 4 is 5.97 Å². The maximum atomic E-state index is 11.7. The van der Waals surface area contributed by atoms with Gasteiger partial charge in [0.2, 0.25) is 11.7 Å². The molecule has 0 saturated heterocycles. The lowest BCUT2D eigenvalue weighted by atomic mass is 10.2. The minimum atomic E-state index is -0.577. The Kier molecular flexibility index (Phi) is 4.94. The van der Waals surface area contributed by atoms with Gasteiger partial charge in [-0.05, 0) is 31.2 Å². The number of carbonyl (C=O) groups excluding carboxylic acids is 1. The molecule has 0 saturated carbocycles. The summed E-state index contributed by atoms with van der Waals surface area (Å²) in [6.45, 7) is 2.69. The van der Waals surface area contributed by atoms with Crippen LogP contribution in [0.4, 0.5) is 0 Å². The minimum Gasteiger partial charge on any atom is -0.494 e. The summed E-state index contributed by atoms with van der Waals surface area (Å²) in [5.41, 5.74) is 1.15. The molecule has 0 aliphatic rings. The van der Waals surface area contributed by atoms with E-state index >= 15 is 0 Å². The molecule has 0 fully saturated rings. The van der Waals surface area contributed by atoms with Gasteiger partial charge in [0, 0.05) is 12.7 Å². The van der Waals surface area contributed by atoms with Crippen molar-refractivity contribution in [1.29, 1.82) is 0 Å². The third kappa shape index (κ3) is 3.41. The Balaban J connectivity index is 2.32. The quantitative estimate of drug-likeness (QED) is 0.762. The van der Waals surface area contributed by atoms with Gasteiger partial charge in [0.15, 0.2) is 0 Å². The Hall–Kier alpha value is -2.34. The first-order valence-corrected chi connectivity index (χ1v) is 6.49. The molecule has 0 bridgehead atoms. The lowest BCUT2D eigenvalue weighted by molar-refractivity contribution is 0.0559. The fraction of sp³-hybridized carbons (Fsp3) is 0.333. The lowest BCUT2D eigenvalue weighted by Crippen LogP contribution is -2.04. The molecule has 1 aromatic heterocycles. The molecule has 0 aliphatic heterocycles. The molecule has 2 aromatic rings. The third-order valence-corrected chi connectivity index (χ3v) is 2.76. The molecule has 1 aromatic carbocycles. The van der Waals surface area contributed by atoms with Gasteiger partial charge in [-0.1, -0.05) is 0 Å². The standard InChI is InChI=1S/C15H17NO5/c1-4-20-11-7-5-10(6-8-11)14-16-12(9-18-2)13(21-14)15(17)19-3/h5-8H,4,9H2,1-3H3. The Morgan fingerprint density at radius 2 is 1.95 bits per heavy atom. The van der Waals surface area contributed by atoms with E-state index in [0.717, 1.165) is 11.3 Å². The number of nitrogens with zero attached hydrogens (tertiary/aromatic N) is 1. The highest BCUT2D eigenvalue weighted by molar-refractivity contribution is 5.87. The molecule has 0 spiro atoms. The largest absolute Gasteiger partial charge is 0.494 e. The normalized spacial score (nSPS) is 10.4. The van der Waals surface area contributed by atoms with Gasteiger partial charge in [0.1, 0.15) is 11.4 Å². The zero-order chi connectivity index (χ0) is 15.2. The molecule has 0 radical (unpaired) electrons. The van der Waals surface area contributed by atoms with Crippen molar-refractivity contribution in [3.05, 3.63) is 35.7 Å². The number of methoxy groups -OCH3 is 2. The number of hydrogen-bond acceptors (Lipinski definition) is 6. The molecule has 112 valence electrons. The number of hydrogen-bond donors (Lipinski definition) is 0. The smallest absolute Gasteiger partial charge is 0.376 e. The average Bonchev–Trinajstić information content (AvgIpc) is 2.92. The second kappa shape index (κ2) is 6.90. The molecule has 6 nitrogen and oxygen atoms in total. The molecule has 0 unspecified atom stereocenters. The molecule has 2 rings (SSSR count). The zero-order valence-electron chi connectivity index (χ0n) is 12.2. The van der Waals surface area contributed by atoms with Gasteiger partial charge < -0.3 is 18.6 Å². The first-order valence-electron chi connectivity index (χ1n) is 6.49. The summed E-state index contributed by atoms with van der Waals surface area (Å²) in [5, 5.41) is 0. The van der Waals surface area contributed by atoms with Crippen LogP contribution in [-0.4, -0.2) is 31.8 Å². The van der Waals surface area contributed by atoms with E-state index in [0.29, 0.717) is 18.2 Å². The molecule has 21 heavy (non-hydrogen) atoms. The van der Waals surface area contributed by atoms with Crippen LogP contribution in [0.3, 0.4) is 0 Å². The molecular formula is C15H17NO5.